The summed E-state index contributed by atoms with van der Waals surface area (Å²) in [6.07, 6.45) is 9.15. The maximum Gasteiger partial charge on any atom is 0.100 e. The molecule has 0 spiro atoms. The lowest BCUT2D eigenvalue weighted by Gasteiger charge is -2.11. The third-order valence-electron chi connectivity index (χ3n) is 8.49. The van der Waals surface area contributed by atoms with Gasteiger partial charge in [0.05, 0.1) is 22.4 Å². The van der Waals surface area contributed by atoms with Gasteiger partial charge in [0, 0.05) is 39.5 Å². The quantitative estimate of drug-likeness (QED) is 0.0695. The van der Waals surface area contributed by atoms with E-state index in [2.05, 4.69) is 64.5 Å². The molecule has 0 saturated carbocycles. The molecule has 5 heteroatoms. The number of anilines is 2. The van der Waals surface area contributed by atoms with Crippen LogP contribution in [0.15, 0.2) is 144 Å². The first-order chi connectivity index (χ1) is 22.6. The van der Waals surface area contributed by atoms with Crippen molar-refractivity contribution in [3.05, 3.63) is 150 Å². The molecule has 0 aliphatic heterocycles. The smallest absolute Gasteiger partial charge is 0.100 e. The highest BCUT2D eigenvalue weighted by Crippen LogP contribution is 2.38. The van der Waals surface area contributed by atoms with Crippen LogP contribution in [-0.2, 0) is 0 Å². The topological polar surface area (TPSA) is 77.0 Å². The fourth-order valence-electron chi connectivity index (χ4n) is 6.18. The second kappa shape index (κ2) is 12.1. The van der Waals surface area contributed by atoms with Crippen molar-refractivity contribution in [2.75, 3.05) is 5.32 Å². The number of para-hydroxylation sites is 2. The average molecular weight is 596 g/mol. The number of aromatic nitrogens is 1. The van der Waals surface area contributed by atoms with E-state index in [1.165, 1.54) is 22.4 Å². The number of nitrogens with one attached hydrogen (secondary N) is 3. The zero-order valence-corrected chi connectivity index (χ0v) is 25.8. The molecule has 7 aromatic rings. The zero-order valence-electron chi connectivity index (χ0n) is 25.8. The van der Waals surface area contributed by atoms with Crippen molar-refractivity contribution >= 4 is 78.7 Å². The maximum absolute atomic E-state index is 8.88. The Kier molecular flexibility index (Phi) is 7.57. The number of fused-ring (bicyclic) bond motifs is 6. The summed E-state index contributed by atoms with van der Waals surface area (Å²) in [7, 11) is 0. The number of hydrogen-bond acceptors (Lipinski definition) is 4. The van der Waals surface area contributed by atoms with Gasteiger partial charge >= 0.3 is 0 Å². The van der Waals surface area contributed by atoms with Gasteiger partial charge in [-0.2, -0.15) is 0 Å². The van der Waals surface area contributed by atoms with Crippen LogP contribution in [0.5, 0.6) is 0 Å². The van der Waals surface area contributed by atoms with Crippen LogP contribution in [0.3, 0.4) is 0 Å². The standard InChI is InChI=1S/C41H33N5/c1-3-4-12-27(2)41(43)32-17-10-11-18-36(32)44-26-46-38-22-21-37(45-30-14-6-5-7-15-30)35(25-42)40(38)34-24-33-29(23-39(34)46)20-19-28-13-8-9-16-31(28)33/h3-26,42-43,45H,1-2H3/b4-3-,27-12+,42-25?,43-41?,44-26?. The van der Waals surface area contributed by atoms with Gasteiger partial charge in [-0.15, -0.1) is 0 Å². The van der Waals surface area contributed by atoms with Crippen molar-refractivity contribution in [2.24, 2.45) is 4.99 Å². The second-order valence-electron chi connectivity index (χ2n) is 11.3. The van der Waals surface area contributed by atoms with Gasteiger partial charge in [-0.25, -0.2) is 4.99 Å². The minimum absolute atomic E-state index is 0.439. The normalized spacial score (nSPS) is 12.3. The van der Waals surface area contributed by atoms with Gasteiger partial charge in [0.25, 0.3) is 0 Å². The van der Waals surface area contributed by atoms with Crippen LogP contribution in [0.25, 0.3) is 43.4 Å². The SMILES string of the molecule is C/C=C\C=C(/C)C(=N)c1ccccc1N=Cn1c2cc3ccc4ccccc4c3cc2c2c(C=N)c(Nc3ccccc3)ccc21. The van der Waals surface area contributed by atoms with E-state index < -0.39 is 0 Å². The van der Waals surface area contributed by atoms with E-state index >= 15 is 0 Å². The van der Waals surface area contributed by atoms with Gasteiger partial charge in [0.1, 0.15) is 6.34 Å². The van der Waals surface area contributed by atoms with E-state index in [0.717, 1.165) is 61.0 Å². The molecule has 1 aromatic heterocycles. The summed E-state index contributed by atoms with van der Waals surface area (Å²) in [5.41, 5.74) is 7.38. The van der Waals surface area contributed by atoms with Crippen molar-refractivity contribution in [1.82, 2.24) is 4.57 Å². The first-order valence-corrected chi connectivity index (χ1v) is 15.3. The van der Waals surface area contributed by atoms with Crippen LogP contribution >= 0.6 is 0 Å². The molecule has 46 heavy (non-hydrogen) atoms. The Bertz CT molecular complexity index is 2390. The van der Waals surface area contributed by atoms with Gasteiger partial charge in [-0.05, 0) is 83.4 Å². The predicted molar refractivity (Wildman–Crippen MR) is 197 cm³/mol. The van der Waals surface area contributed by atoms with E-state index in [1.807, 2.05) is 99.1 Å². The number of aliphatic imine (C=N–C) groups is 1. The maximum atomic E-state index is 8.88. The molecule has 7 rings (SSSR count). The number of nitrogens with zero attached hydrogens (tertiary/aromatic N) is 2. The number of allylic oxidation sites excluding steroid dienone is 4. The molecule has 0 aliphatic carbocycles. The Labute approximate surface area is 267 Å². The largest absolute Gasteiger partial charge is 0.355 e. The van der Waals surface area contributed by atoms with Crippen molar-refractivity contribution in [1.29, 1.82) is 10.8 Å². The highest BCUT2D eigenvalue weighted by Gasteiger charge is 2.18. The molecule has 0 saturated heterocycles. The third kappa shape index (κ3) is 5.08. The van der Waals surface area contributed by atoms with Crippen molar-refractivity contribution < 1.29 is 0 Å². The second-order valence-corrected chi connectivity index (χ2v) is 11.3. The number of rotatable bonds is 8. The van der Waals surface area contributed by atoms with E-state index in [1.54, 1.807) is 0 Å². The van der Waals surface area contributed by atoms with E-state index in [0.29, 0.717) is 5.71 Å². The molecule has 3 N–H and O–H groups in total. The molecular weight excluding hydrogens is 562 g/mol. The molecule has 222 valence electrons. The molecule has 0 radical (unpaired) electrons. The first-order valence-electron chi connectivity index (χ1n) is 15.3. The Morgan fingerprint density at radius 1 is 0.761 bits per heavy atom. The molecular formula is C41H33N5. The minimum Gasteiger partial charge on any atom is -0.355 e. The van der Waals surface area contributed by atoms with Crippen LogP contribution in [0, 0.1) is 10.8 Å². The lowest BCUT2D eigenvalue weighted by atomic mass is 9.98. The molecule has 0 fully saturated rings. The lowest BCUT2D eigenvalue weighted by molar-refractivity contribution is 1.30. The lowest BCUT2D eigenvalue weighted by Crippen LogP contribution is -2.02. The Hall–Kier alpha value is -6.07. The molecule has 0 aliphatic rings. The van der Waals surface area contributed by atoms with Crippen molar-refractivity contribution in [2.45, 2.75) is 13.8 Å². The van der Waals surface area contributed by atoms with Crippen molar-refractivity contribution in [3.63, 3.8) is 0 Å². The van der Waals surface area contributed by atoms with Crippen LogP contribution in [0.1, 0.15) is 25.0 Å². The molecule has 6 aromatic carbocycles. The number of hydrogen-bond donors (Lipinski definition) is 3. The van der Waals surface area contributed by atoms with E-state index in [9.17, 15) is 0 Å². The Morgan fingerprint density at radius 2 is 1.52 bits per heavy atom. The molecule has 1 heterocycles. The van der Waals surface area contributed by atoms with Gasteiger partial charge in [0.2, 0.25) is 0 Å². The third-order valence-corrected chi connectivity index (χ3v) is 8.49. The summed E-state index contributed by atoms with van der Waals surface area (Å²) in [5.74, 6) is 0. The summed E-state index contributed by atoms with van der Waals surface area (Å²) in [6, 6.07) is 39.3. The first kappa shape index (κ1) is 28.7. The molecule has 0 amide bonds. The predicted octanol–water partition coefficient (Wildman–Crippen LogP) is 10.9. The Morgan fingerprint density at radius 3 is 2.35 bits per heavy atom. The van der Waals surface area contributed by atoms with E-state index in [-0.39, 0.29) is 0 Å². The monoisotopic (exact) mass is 595 g/mol. The average Bonchev–Trinajstić information content (AvgIpc) is 3.41. The van der Waals surface area contributed by atoms with Crippen LogP contribution < -0.4 is 5.32 Å². The summed E-state index contributed by atoms with van der Waals surface area (Å²) < 4.78 is 2.11. The van der Waals surface area contributed by atoms with E-state index in [4.69, 9.17) is 15.8 Å². The van der Waals surface area contributed by atoms with Crippen molar-refractivity contribution in [3.8, 4) is 0 Å². The number of benzene rings is 6. The van der Waals surface area contributed by atoms with Crippen LogP contribution in [0.4, 0.5) is 17.1 Å². The summed E-state index contributed by atoms with van der Waals surface area (Å²) in [4.78, 5) is 4.99. The fraction of sp³-hybridized carbons (Fsp3) is 0.0488. The molecule has 0 unspecified atom stereocenters. The fourth-order valence-corrected chi connectivity index (χ4v) is 6.18. The minimum atomic E-state index is 0.439. The van der Waals surface area contributed by atoms with Crippen LogP contribution in [-0.4, -0.2) is 22.8 Å². The highest BCUT2D eigenvalue weighted by atomic mass is 15.0. The summed E-state index contributed by atoms with van der Waals surface area (Å²) in [5, 5.41) is 27.7. The summed E-state index contributed by atoms with van der Waals surface area (Å²) in [6.45, 7) is 3.91. The van der Waals surface area contributed by atoms with Gasteiger partial charge in [0.15, 0.2) is 0 Å². The molecule has 0 atom stereocenters. The molecule has 5 nitrogen and oxygen atoms in total. The zero-order chi connectivity index (χ0) is 31.6. The van der Waals surface area contributed by atoms with Gasteiger partial charge in [-0.3, -0.25) is 9.98 Å². The van der Waals surface area contributed by atoms with Crippen LogP contribution in [0.2, 0.25) is 0 Å². The summed E-state index contributed by atoms with van der Waals surface area (Å²) >= 11 is 0. The van der Waals surface area contributed by atoms with Gasteiger partial charge < -0.3 is 10.7 Å². The highest BCUT2D eigenvalue weighted by molar-refractivity contribution is 6.24. The van der Waals surface area contributed by atoms with Gasteiger partial charge in [-0.1, -0.05) is 91.0 Å². The Balaban J connectivity index is 1.48. The molecule has 0 bridgehead atoms.